The Kier molecular flexibility index (Phi) is 6.83. The van der Waals surface area contributed by atoms with Gasteiger partial charge in [0.1, 0.15) is 0 Å². The van der Waals surface area contributed by atoms with Gasteiger partial charge in [-0.3, -0.25) is 0 Å². The molecular weight excluding hydrogens is 164 g/mol. The van der Waals surface area contributed by atoms with Crippen LogP contribution in [0.25, 0.3) is 0 Å². The van der Waals surface area contributed by atoms with Crippen molar-refractivity contribution in [2.45, 2.75) is 6.10 Å². The molecule has 0 fully saturated rings. The summed E-state index contributed by atoms with van der Waals surface area (Å²) in [7, 11) is 0. The van der Waals surface area contributed by atoms with Crippen molar-refractivity contribution in [1.82, 2.24) is 0 Å². The van der Waals surface area contributed by atoms with E-state index in [9.17, 15) is 4.79 Å². The van der Waals surface area contributed by atoms with Gasteiger partial charge in [-0.05, 0) is 0 Å². The first-order chi connectivity index (χ1) is 3.18. The number of carboxylic acids is 1. The Labute approximate surface area is 56.6 Å². The second-order valence-corrected chi connectivity index (χ2v) is 1.04. The normalized spacial score (nSPS) is 11.8. The van der Waals surface area contributed by atoms with Crippen LogP contribution >= 0.6 is 0 Å². The number of carbonyl (C=O) groups is 1. The van der Waals surface area contributed by atoms with E-state index in [1.807, 2.05) is 0 Å². The average Bonchev–Trinajstić information content (AvgIpc) is 1.65. The Balaban J connectivity index is 0. The van der Waals surface area contributed by atoms with Gasteiger partial charge in [-0.25, -0.2) is 4.79 Å². The molecule has 0 heterocycles. The van der Waals surface area contributed by atoms with Gasteiger partial charge in [-0.15, -0.1) is 0 Å². The Morgan fingerprint density at radius 1 is 1.62 bits per heavy atom. The van der Waals surface area contributed by atoms with Gasteiger partial charge in [-0.2, -0.15) is 0 Å². The van der Waals surface area contributed by atoms with Gasteiger partial charge in [0.25, 0.3) is 0 Å². The molecule has 0 aliphatic carbocycles. The van der Waals surface area contributed by atoms with Gasteiger partial charge in [0.2, 0.25) is 0 Å². The molecule has 0 saturated carbocycles. The standard InChI is InChI=1S/C3H6O4.Cu/c4-1-2(5)3(6)7;/h2,4-5H,1H2,(H,6,7);. The van der Waals surface area contributed by atoms with E-state index in [0.29, 0.717) is 0 Å². The van der Waals surface area contributed by atoms with E-state index in [1.165, 1.54) is 0 Å². The summed E-state index contributed by atoms with van der Waals surface area (Å²) in [5.41, 5.74) is 0. The molecule has 1 atom stereocenters. The van der Waals surface area contributed by atoms with Gasteiger partial charge in [0, 0.05) is 17.1 Å². The molecule has 53 valence electrons. The van der Waals surface area contributed by atoms with Crippen LogP contribution in [0, 0.1) is 0 Å². The molecule has 0 aliphatic rings. The SMILES string of the molecule is O=C(O)C(O)CO.[Cu]. The molecule has 5 heteroatoms. The number of aliphatic hydroxyl groups excluding tert-OH is 2. The van der Waals surface area contributed by atoms with E-state index in [-0.39, 0.29) is 17.1 Å². The second-order valence-electron chi connectivity index (χ2n) is 1.04. The smallest absolute Gasteiger partial charge is 0.334 e. The number of hydrogen-bond acceptors (Lipinski definition) is 3. The number of hydrogen-bond donors (Lipinski definition) is 3. The van der Waals surface area contributed by atoms with Crippen LogP contribution in [0.2, 0.25) is 0 Å². The summed E-state index contributed by atoms with van der Waals surface area (Å²) in [6.45, 7) is -0.727. The summed E-state index contributed by atoms with van der Waals surface area (Å²) in [6.07, 6.45) is -1.63. The average molecular weight is 170 g/mol. The Morgan fingerprint density at radius 2 is 2.00 bits per heavy atom. The third kappa shape index (κ3) is 4.08. The predicted molar refractivity (Wildman–Crippen MR) is 20.7 cm³/mol. The van der Waals surface area contributed by atoms with Crippen molar-refractivity contribution in [1.29, 1.82) is 0 Å². The fourth-order valence-electron chi connectivity index (χ4n) is 0.0781. The molecule has 1 unspecified atom stereocenters. The van der Waals surface area contributed by atoms with Gasteiger partial charge < -0.3 is 15.3 Å². The van der Waals surface area contributed by atoms with Crippen LogP contribution in [0.15, 0.2) is 0 Å². The minimum atomic E-state index is -1.63. The van der Waals surface area contributed by atoms with Gasteiger partial charge in [0.05, 0.1) is 6.61 Å². The minimum Gasteiger partial charge on any atom is -0.479 e. The Bertz CT molecular complexity index is 73.7. The molecular formula is C3H6CuO4. The van der Waals surface area contributed by atoms with Crippen LogP contribution in [0.1, 0.15) is 0 Å². The minimum absolute atomic E-state index is 0. The summed E-state index contributed by atoms with van der Waals surface area (Å²) >= 11 is 0. The molecule has 3 N–H and O–H groups in total. The molecule has 0 bridgehead atoms. The molecule has 1 radical (unpaired) electrons. The molecule has 0 aromatic rings. The Hall–Kier alpha value is -0.0905. The van der Waals surface area contributed by atoms with Crippen molar-refractivity contribution in [2.75, 3.05) is 6.61 Å². The molecule has 8 heavy (non-hydrogen) atoms. The zero-order chi connectivity index (χ0) is 5.86. The number of aliphatic carboxylic acids is 1. The van der Waals surface area contributed by atoms with Gasteiger partial charge >= 0.3 is 5.97 Å². The van der Waals surface area contributed by atoms with E-state index < -0.39 is 18.7 Å². The monoisotopic (exact) mass is 169 g/mol. The molecule has 0 spiro atoms. The molecule has 0 aromatic heterocycles. The van der Waals surface area contributed by atoms with Gasteiger partial charge in [0.15, 0.2) is 6.10 Å². The topological polar surface area (TPSA) is 77.8 Å². The molecule has 4 nitrogen and oxygen atoms in total. The zero-order valence-electron chi connectivity index (χ0n) is 3.84. The maximum absolute atomic E-state index is 9.52. The van der Waals surface area contributed by atoms with E-state index in [0.717, 1.165) is 0 Å². The quantitative estimate of drug-likeness (QED) is 0.436. The first kappa shape index (κ1) is 10.8. The zero-order valence-corrected chi connectivity index (χ0v) is 4.78. The molecule has 0 aliphatic heterocycles. The summed E-state index contributed by atoms with van der Waals surface area (Å²) in [5.74, 6) is -1.40. The van der Waals surface area contributed by atoms with E-state index in [2.05, 4.69) is 0 Å². The maximum atomic E-state index is 9.52. The predicted octanol–water partition coefficient (Wildman–Crippen LogP) is -1.58. The summed E-state index contributed by atoms with van der Waals surface area (Å²) in [4.78, 5) is 9.52. The molecule has 0 amide bonds. The van der Waals surface area contributed by atoms with E-state index >= 15 is 0 Å². The summed E-state index contributed by atoms with van der Waals surface area (Å²) in [6, 6.07) is 0. The molecule has 0 aromatic carbocycles. The van der Waals surface area contributed by atoms with E-state index in [1.54, 1.807) is 0 Å². The van der Waals surface area contributed by atoms with Crippen molar-refractivity contribution >= 4 is 5.97 Å². The number of aliphatic hydroxyl groups is 2. The second kappa shape index (κ2) is 5.05. The van der Waals surface area contributed by atoms with Crippen molar-refractivity contribution in [2.24, 2.45) is 0 Å². The number of rotatable bonds is 2. The third-order valence-electron chi connectivity index (χ3n) is 0.458. The fourth-order valence-corrected chi connectivity index (χ4v) is 0.0781. The van der Waals surface area contributed by atoms with Crippen molar-refractivity contribution < 1.29 is 37.2 Å². The third-order valence-corrected chi connectivity index (χ3v) is 0.458. The summed E-state index contributed by atoms with van der Waals surface area (Å²) in [5, 5.41) is 23.7. The van der Waals surface area contributed by atoms with Crippen molar-refractivity contribution in [3.63, 3.8) is 0 Å². The van der Waals surface area contributed by atoms with Crippen molar-refractivity contribution in [3.05, 3.63) is 0 Å². The van der Waals surface area contributed by atoms with Crippen LogP contribution < -0.4 is 0 Å². The van der Waals surface area contributed by atoms with Crippen LogP contribution in [0.4, 0.5) is 0 Å². The first-order valence-corrected chi connectivity index (χ1v) is 1.70. The first-order valence-electron chi connectivity index (χ1n) is 1.70. The fraction of sp³-hybridized carbons (Fsp3) is 0.667. The number of carboxylic acid groups (broad SMARTS) is 1. The van der Waals surface area contributed by atoms with Gasteiger partial charge in [-0.1, -0.05) is 0 Å². The van der Waals surface area contributed by atoms with E-state index in [4.69, 9.17) is 15.3 Å². The van der Waals surface area contributed by atoms with Crippen LogP contribution in [0.5, 0.6) is 0 Å². The largest absolute Gasteiger partial charge is 0.479 e. The molecule has 0 saturated heterocycles. The molecule has 0 rings (SSSR count). The van der Waals surface area contributed by atoms with Crippen molar-refractivity contribution in [3.8, 4) is 0 Å². The Morgan fingerprint density at radius 3 is 2.00 bits per heavy atom. The summed E-state index contributed by atoms with van der Waals surface area (Å²) < 4.78 is 0. The van der Waals surface area contributed by atoms with Crippen LogP contribution in [-0.2, 0) is 21.9 Å². The van der Waals surface area contributed by atoms with Crippen LogP contribution in [-0.4, -0.2) is 34.0 Å². The maximum Gasteiger partial charge on any atom is 0.334 e. The van der Waals surface area contributed by atoms with Crippen LogP contribution in [0.3, 0.4) is 0 Å².